The van der Waals surface area contributed by atoms with Crippen LogP contribution in [0.3, 0.4) is 0 Å². The predicted molar refractivity (Wildman–Crippen MR) is 231 cm³/mol. The Hall–Kier alpha value is -7.08. The third-order valence-electron chi connectivity index (χ3n) is 10.5. The number of nitrogens with zero attached hydrogens (tertiary/aromatic N) is 2. The molecule has 0 unspecified atom stereocenters. The number of thiophene rings is 1. The summed E-state index contributed by atoms with van der Waals surface area (Å²) >= 11 is 1.78. The van der Waals surface area contributed by atoms with Crippen LogP contribution in [0, 0.1) is 0 Å². The van der Waals surface area contributed by atoms with Gasteiger partial charge in [0.25, 0.3) is 0 Å². The fraction of sp³-hybridized carbons (Fsp3) is 0. The summed E-state index contributed by atoms with van der Waals surface area (Å²) in [5.41, 5.74) is 12.5. The lowest BCUT2D eigenvalue weighted by Crippen LogP contribution is -2.10. The highest BCUT2D eigenvalue weighted by Gasteiger charge is 2.21. The lowest BCUT2D eigenvalue weighted by Gasteiger charge is -2.27. The lowest BCUT2D eigenvalue weighted by molar-refractivity contribution is 0.668. The number of rotatable bonds is 7. The van der Waals surface area contributed by atoms with E-state index in [0.29, 0.717) is 0 Å². The van der Waals surface area contributed by atoms with Crippen LogP contribution in [0.4, 0.5) is 34.1 Å². The minimum absolute atomic E-state index is 0.887. The first-order valence-corrected chi connectivity index (χ1v) is 19.3. The highest BCUT2D eigenvalue weighted by Crippen LogP contribution is 2.46. The maximum Gasteiger partial charge on any atom is 0.135 e. The monoisotopic (exact) mass is 724 g/mol. The van der Waals surface area contributed by atoms with Gasteiger partial charge in [0.2, 0.25) is 0 Å². The van der Waals surface area contributed by atoms with E-state index in [1.54, 1.807) is 11.3 Å². The van der Waals surface area contributed by atoms with Crippen molar-refractivity contribution in [2.45, 2.75) is 0 Å². The second kappa shape index (κ2) is 12.8. The molecule has 8 aromatic carbocycles. The van der Waals surface area contributed by atoms with Gasteiger partial charge in [0.05, 0.1) is 10.4 Å². The first-order chi connectivity index (χ1) is 27.3. The number of para-hydroxylation sites is 4. The van der Waals surface area contributed by atoms with Crippen molar-refractivity contribution in [3.05, 3.63) is 193 Å². The van der Waals surface area contributed by atoms with E-state index in [1.165, 1.54) is 21.2 Å². The van der Waals surface area contributed by atoms with Crippen molar-refractivity contribution in [2.24, 2.45) is 0 Å². The molecule has 260 valence electrons. The van der Waals surface area contributed by atoms with Crippen molar-refractivity contribution in [1.82, 2.24) is 0 Å². The van der Waals surface area contributed by atoms with Gasteiger partial charge in [0, 0.05) is 55.4 Å². The van der Waals surface area contributed by atoms with Crippen LogP contribution >= 0.6 is 11.3 Å². The average Bonchev–Trinajstić information content (AvgIpc) is 3.98. The fourth-order valence-electron chi connectivity index (χ4n) is 8.00. The second-order valence-corrected chi connectivity index (χ2v) is 14.7. The van der Waals surface area contributed by atoms with Gasteiger partial charge in [-0.15, -0.1) is 11.3 Å². The molecule has 5 heteroatoms. The maximum atomic E-state index is 6.20. The summed E-state index contributed by atoms with van der Waals surface area (Å²) in [5, 5.41) is 7.88. The van der Waals surface area contributed by atoms with E-state index in [4.69, 9.17) is 8.83 Å². The molecule has 0 N–H and O–H groups in total. The Kier molecular flexibility index (Phi) is 7.32. The largest absolute Gasteiger partial charge is 0.456 e. The molecule has 0 spiro atoms. The van der Waals surface area contributed by atoms with Gasteiger partial charge < -0.3 is 18.6 Å². The zero-order valence-corrected chi connectivity index (χ0v) is 30.4. The summed E-state index contributed by atoms with van der Waals surface area (Å²) in [4.78, 5) is 4.68. The standard InChI is InChI=1S/C50H32N2O2S/c1-3-11-34(12-4-1)51(37-23-27-48-43(31-37)40-15-7-9-17-46(40)53-48)36-21-19-33(20-22-36)39-25-26-45(50-42(39)29-30-55-50)52(35-13-5-2-6-14-35)38-24-28-49-44(32-38)41-16-8-10-18-47(41)54-49/h1-32H. The highest BCUT2D eigenvalue weighted by molar-refractivity contribution is 7.18. The molecule has 55 heavy (non-hydrogen) atoms. The van der Waals surface area contributed by atoms with E-state index in [0.717, 1.165) is 78.0 Å². The van der Waals surface area contributed by atoms with E-state index in [1.807, 2.05) is 24.3 Å². The quantitative estimate of drug-likeness (QED) is 0.164. The molecule has 0 saturated heterocycles. The number of hydrogen-bond donors (Lipinski definition) is 0. The smallest absolute Gasteiger partial charge is 0.135 e. The number of benzene rings is 8. The molecule has 3 heterocycles. The molecular weight excluding hydrogens is 693 g/mol. The van der Waals surface area contributed by atoms with Crippen molar-refractivity contribution in [2.75, 3.05) is 9.80 Å². The predicted octanol–water partition coefficient (Wildman–Crippen LogP) is 15.3. The molecule has 0 fully saturated rings. The van der Waals surface area contributed by atoms with Crippen molar-refractivity contribution in [3.63, 3.8) is 0 Å². The molecule has 11 rings (SSSR count). The van der Waals surface area contributed by atoms with Crippen LogP contribution in [0.15, 0.2) is 202 Å². The van der Waals surface area contributed by atoms with Crippen LogP contribution in [-0.2, 0) is 0 Å². The molecule has 0 aliphatic carbocycles. The summed E-state index contributed by atoms with van der Waals surface area (Å²) < 4.78 is 13.6. The van der Waals surface area contributed by atoms with E-state index in [-0.39, 0.29) is 0 Å². The van der Waals surface area contributed by atoms with Crippen LogP contribution in [0.1, 0.15) is 0 Å². The normalized spacial score (nSPS) is 11.6. The van der Waals surface area contributed by atoms with Gasteiger partial charge in [0.1, 0.15) is 22.3 Å². The highest BCUT2D eigenvalue weighted by atomic mass is 32.1. The third kappa shape index (κ3) is 5.28. The van der Waals surface area contributed by atoms with Crippen LogP contribution in [0.25, 0.3) is 65.1 Å². The minimum Gasteiger partial charge on any atom is -0.456 e. The first kappa shape index (κ1) is 31.4. The van der Waals surface area contributed by atoms with Crippen LogP contribution in [0.5, 0.6) is 0 Å². The van der Waals surface area contributed by atoms with Gasteiger partial charge in [-0.25, -0.2) is 0 Å². The third-order valence-corrected chi connectivity index (χ3v) is 11.5. The summed E-state index contributed by atoms with van der Waals surface area (Å²) in [7, 11) is 0. The summed E-state index contributed by atoms with van der Waals surface area (Å²) in [5.74, 6) is 0. The molecule has 0 saturated carbocycles. The topological polar surface area (TPSA) is 32.8 Å². The fourth-order valence-corrected chi connectivity index (χ4v) is 8.93. The van der Waals surface area contributed by atoms with E-state index < -0.39 is 0 Å². The molecule has 0 aliphatic rings. The number of furan rings is 2. The van der Waals surface area contributed by atoms with Crippen LogP contribution in [-0.4, -0.2) is 0 Å². The Bertz CT molecular complexity index is 3160. The molecule has 0 atom stereocenters. The van der Waals surface area contributed by atoms with Gasteiger partial charge in [-0.3, -0.25) is 0 Å². The Morgan fingerprint density at radius 1 is 0.345 bits per heavy atom. The molecule has 3 aromatic heterocycles. The number of anilines is 6. The van der Waals surface area contributed by atoms with Gasteiger partial charge in [-0.1, -0.05) is 91.0 Å². The average molecular weight is 725 g/mol. The first-order valence-electron chi connectivity index (χ1n) is 18.4. The van der Waals surface area contributed by atoms with E-state index in [9.17, 15) is 0 Å². The number of hydrogen-bond acceptors (Lipinski definition) is 5. The Morgan fingerprint density at radius 2 is 0.836 bits per heavy atom. The number of fused-ring (bicyclic) bond motifs is 7. The van der Waals surface area contributed by atoms with Crippen molar-refractivity contribution in [1.29, 1.82) is 0 Å². The molecule has 4 nitrogen and oxygen atoms in total. The maximum absolute atomic E-state index is 6.20. The van der Waals surface area contributed by atoms with E-state index in [2.05, 4.69) is 179 Å². The Balaban J connectivity index is 1.01. The molecule has 11 aromatic rings. The van der Waals surface area contributed by atoms with E-state index >= 15 is 0 Å². The van der Waals surface area contributed by atoms with Gasteiger partial charge in [-0.2, -0.15) is 0 Å². The molecular formula is C50H32N2O2S. The summed E-state index contributed by atoms with van der Waals surface area (Å²) in [6.07, 6.45) is 0. The molecule has 0 aliphatic heterocycles. The van der Waals surface area contributed by atoms with Crippen LogP contribution in [0.2, 0.25) is 0 Å². The minimum atomic E-state index is 0.887. The van der Waals surface area contributed by atoms with Gasteiger partial charge in [-0.05, 0) is 114 Å². The summed E-state index contributed by atoms with van der Waals surface area (Å²) in [6.45, 7) is 0. The lowest BCUT2D eigenvalue weighted by atomic mass is 10.00. The van der Waals surface area contributed by atoms with Crippen LogP contribution < -0.4 is 9.80 Å². The molecule has 0 amide bonds. The van der Waals surface area contributed by atoms with Gasteiger partial charge in [0.15, 0.2) is 0 Å². The van der Waals surface area contributed by atoms with Crippen molar-refractivity contribution >= 4 is 99.4 Å². The SMILES string of the molecule is c1ccc(N(c2ccc(-c3ccc(N(c4ccccc4)c4ccc5oc6ccccc6c5c4)c4sccc34)cc2)c2ccc3oc4ccccc4c3c2)cc1. The molecule has 0 radical (unpaired) electrons. The van der Waals surface area contributed by atoms with Crippen molar-refractivity contribution in [3.8, 4) is 11.1 Å². The second-order valence-electron chi connectivity index (χ2n) is 13.7. The zero-order valence-electron chi connectivity index (χ0n) is 29.6. The molecule has 0 bridgehead atoms. The zero-order chi connectivity index (χ0) is 36.3. The van der Waals surface area contributed by atoms with Gasteiger partial charge >= 0.3 is 0 Å². The Labute approximate surface area is 321 Å². The summed E-state index contributed by atoms with van der Waals surface area (Å²) in [6, 6.07) is 66.4. The Morgan fingerprint density at radius 3 is 1.45 bits per heavy atom. The van der Waals surface area contributed by atoms with Crippen molar-refractivity contribution < 1.29 is 8.83 Å².